The van der Waals surface area contributed by atoms with Crippen molar-refractivity contribution >= 4 is 35.9 Å². The smallest absolute Gasteiger partial charge is 0.408 e. The van der Waals surface area contributed by atoms with Gasteiger partial charge in [0, 0.05) is 27.7 Å². The van der Waals surface area contributed by atoms with Crippen LogP contribution in [0.4, 0.5) is 4.79 Å². The fourth-order valence-electron chi connectivity index (χ4n) is 3.91. The van der Waals surface area contributed by atoms with E-state index in [9.17, 15) is 28.8 Å². The highest BCUT2D eigenvalue weighted by molar-refractivity contribution is 5.81. The molecular formula is C25H39NO13. The number of carbonyl (C=O) groups is 6. The number of hydrogen-bond acceptors (Lipinski definition) is 13. The standard InChI is InChI=1S/C25H39NO13/c1-13(27)34-12-19-21(36-15(3)29)22(37-16(4)30)20(35-14(2)28)18(38-19)11-9-10-17(23(31)33-8)26-24(32)39-25(5,6)7/h17-22H,9-12H2,1-8H3,(H,26,32)/t17-,18+,19+,20-,21+,22+/m0/s1. The van der Waals surface area contributed by atoms with Crippen LogP contribution in [0.2, 0.25) is 0 Å². The molecule has 0 unspecified atom stereocenters. The number of amides is 1. The fraction of sp³-hybridized carbons (Fsp3) is 0.760. The van der Waals surface area contributed by atoms with Crippen LogP contribution in [-0.4, -0.2) is 91.8 Å². The maximum atomic E-state index is 12.3. The summed E-state index contributed by atoms with van der Waals surface area (Å²) < 4.78 is 37.2. The zero-order valence-electron chi connectivity index (χ0n) is 23.6. The lowest BCUT2D eigenvalue weighted by molar-refractivity contribution is -0.253. The van der Waals surface area contributed by atoms with Gasteiger partial charge in [-0.25, -0.2) is 9.59 Å². The van der Waals surface area contributed by atoms with Crippen LogP contribution >= 0.6 is 0 Å². The van der Waals surface area contributed by atoms with E-state index >= 15 is 0 Å². The van der Waals surface area contributed by atoms with Crippen molar-refractivity contribution in [2.45, 2.75) is 110 Å². The Balaban J connectivity index is 3.19. The van der Waals surface area contributed by atoms with Gasteiger partial charge in [0.15, 0.2) is 18.3 Å². The monoisotopic (exact) mass is 561 g/mol. The third-order valence-electron chi connectivity index (χ3n) is 5.25. The molecule has 222 valence electrons. The number of alkyl carbamates (subject to hydrolysis) is 1. The maximum absolute atomic E-state index is 12.3. The molecule has 1 rings (SSSR count). The molecule has 0 bridgehead atoms. The van der Waals surface area contributed by atoms with Crippen molar-refractivity contribution in [3.63, 3.8) is 0 Å². The summed E-state index contributed by atoms with van der Waals surface area (Å²) in [5, 5.41) is 2.46. The Labute approximate surface area is 227 Å². The largest absolute Gasteiger partial charge is 0.467 e. The summed E-state index contributed by atoms with van der Waals surface area (Å²) in [5.41, 5.74) is -0.793. The van der Waals surface area contributed by atoms with E-state index in [4.69, 9.17) is 33.2 Å². The molecule has 1 heterocycles. The molecule has 1 amide bonds. The topological polar surface area (TPSA) is 179 Å². The molecule has 0 radical (unpaired) electrons. The lowest BCUT2D eigenvalue weighted by Gasteiger charge is -2.44. The molecule has 0 aromatic heterocycles. The van der Waals surface area contributed by atoms with Crippen molar-refractivity contribution in [1.82, 2.24) is 5.32 Å². The van der Waals surface area contributed by atoms with E-state index in [1.807, 2.05) is 0 Å². The number of carbonyl (C=O) groups excluding carboxylic acids is 6. The molecule has 1 N–H and O–H groups in total. The minimum atomic E-state index is -1.29. The average molecular weight is 562 g/mol. The van der Waals surface area contributed by atoms with Gasteiger partial charge in [-0.05, 0) is 40.0 Å². The van der Waals surface area contributed by atoms with Crippen molar-refractivity contribution in [3.8, 4) is 0 Å². The number of hydrogen-bond donors (Lipinski definition) is 1. The Morgan fingerprint density at radius 1 is 0.795 bits per heavy atom. The molecule has 6 atom stereocenters. The predicted molar refractivity (Wildman–Crippen MR) is 131 cm³/mol. The van der Waals surface area contributed by atoms with Crippen LogP contribution in [0.15, 0.2) is 0 Å². The van der Waals surface area contributed by atoms with Gasteiger partial charge < -0.3 is 38.5 Å². The van der Waals surface area contributed by atoms with Crippen LogP contribution in [-0.2, 0) is 57.1 Å². The molecule has 39 heavy (non-hydrogen) atoms. The van der Waals surface area contributed by atoms with Crippen LogP contribution in [0.3, 0.4) is 0 Å². The van der Waals surface area contributed by atoms with Crippen molar-refractivity contribution in [1.29, 1.82) is 0 Å². The predicted octanol–water partition coefficient (Wildman–Crippen LogP) is 1.35. The molecule has 14 nitrogen and oxygen atoms in total. The Kier molecular flexibility index (Phi) is 13.1. The third kappa shape index (κ3) is 12.3. The number of nitrogens with one attached hydrogen (secondary N) is 1. The minimum absolute atomic E-state index is 0.0821. The first-order valence-corrected chi connectivity index (χ1v) is 12.4. The van der Waals surface area contributed by atoms with Gasteiger partial charge in [-0.15, -0.1) is 0 Å². The van der Waals surface area contributed by atoms with E-state index in [0.29, 0.717) is 0 Å². The molecule has 0 saturated carbocycles. The molecule has 0 aliphatic carbocycles. The molecule has 1 aliphatic heterocycles. The molecule has 1 fully saturated rings. The van der Waals surface area contributed by atoms with Gasteiger partial charge in [-0.1, -0.05) is 0 Å². The van der Waals surface area contributed by atoms with Crippen LogP contribution < -0.4 is 5.32 Å². The Morgan fingerprint density at radius 2 is 1.31 bits per heavy atom. The van der Waals surface area contributed by atoms with Crippen LogP contribution in [0.25, 0.3) is 0 Å². The summed E-state index contributed by atoms with van der Waals surface area (Å²) in [4.78, 5) is 71.6. The first kappa shape index (κ1) is 33.6. The van der Waals surface area contributed by atoms with Gasteiger partial charge in [0.2, 0.25) is 0 Å². The lowest BCUT2D eigenvalue weighted by atomic mass is 9.91. The SMILES string of the molecule is COC(=O)[C@H](CCC[C@H]1O[C@H](COC(C)=O)[C@@H](OC(C)=O)[C@H](OC(C)=O)[C@H]1OC(C)=O)NC(=O)OC(C)(C)C. The number of ether oxygens (including phenoxy) is 7. The molecular weight excluding hydrogens is 522 g/mol. The van der Waals surface area contributed by atoms with Crippen molar-refractivity contribution in [3.05, 3.63) is 0 Å². The molecule has 0 aromatic carbocycles. The summed E-state index contributed by atoms with van der Waals surface area (Å²) in [6, 6.07) is -1.06. The van der Waals surface area contributed by atoms with Gasteiger partial charge in [-0.2, -0.15) is 0 Å². The normalized spacial score (nSPS) is 23.4. The molecule has 0 aromatic rings. The Morgan fingerprint density at radius 3 is 1.77 bits per heavy atom. The number of rotatable bonds is 11. The van der Waals surface area contributed by atoms with E-state index in [2.05, 4.69) is 5.32 Å². The quantitative estimate of drug-likeness (QED) is 0.282. The Bertz CT molecular complexity index is 897. The summed E-state index contributed by atoms with van der Waals surface area (Å²) in [5.74, 6) is -3.53. The van der Waals surface area contributed by atoms with Gasteiger partial charge in [0.1, 0.15) is 24.4 Å². The second-order valence-corrected chi connectivity index (χ2v) is 9.89. The van der Waals surface area contributed by atoms with Gasteiger partial charge >= 0.3 is 35.9 Å². The third-order valence-corrected chi connectivity index (χ3v) is 5.25. The minimum Gasteiger partial charge on any atom is -0.467 e. The summed E-state index contributed by atoms with van der Waals surface area (Å²) in [6.07, 6.45) is -6.15. The van der Waals surface area contributed by atoms with E-state index < -0.39 is 78.1 Å². The van der Waals surface area contributed by atoms with E-state index in [1.165, 1.54) is 14.0 Å². The second kappa shape index (κ2) is 15.2. The van der Waals surface area contributed by atoms with Crippen molar-refractivity contribution in [2.75, 3.05) is 13.7 Å². The van der Waals surface area contributed by atoms with Crippen LogP contribution in [0.1, 0.15) is 67.7 Å². The van der Waals surface area contributed by atoms with E-state index in [-0.39, 0.29) is 25.9 Å². The number of methoxy groups -OCH3 is 1. The zero-order valence-corrected chi connectivity index (χ0v) is 23.6. The second-order valence-electron chi connectivity index (χ2n) is 9.89. The van der Waals surface area contributed by atoms with Crippen LogP contribution in [0, 0.1) is 0 Å². The first-order valence-electron chi connectivity index (χ1n) is 12.4. The fourth-order valence-corrected chi connectivity index (χ4v) is 3.91. The van der Waals surface area contributed by atoms with Crippen molar-refractivity contribution < 1.29 is 61.9 Å². The van der Waals surface area contributed by atoms with Gasteiger partial charge in [-0.3, -0.25) is 19.2 Å². The summed E-state index contributed by atoms with van der Waals surface area (Å²) in [6.45, 7) is 9.25. The first-order chi connectivity index (χ1) is 18.0. The highest BCUT2D eigenvalue weighted by Crippen LogP contribution is 2.31. The summed E-state index contributed by atoms with van der Waals surface area (Å²) in [7, 11) is 1.17. The lowest BCUT2D eigenvalue weighted by Crippen LogP contribution is -2.62. The maximum Gasteiger partial charge on any atom is 0.408 e. The van der Waals surface area contributed by atoms with E-state index in [0.717, 1.165) is 20.8 Å². The van der Waals surface area contributed by atoms with E-state index in [1.54, 1.807) is 20.8 Å². The van der Waals surface area contributed by atoms with Crippen LogP contribution in [0.5, 0.6) is 0 Å². The highest BCUT2D eigenvalue weighted by Gasteiger charge is 2.51. The Hall–Kier alpha value is -3.42. The van der Waals surface area contributed by atoms with Crippen molar-refractivity contribution in [2.24, 2.45) is 0 Å². The summed E-state index contributed by atoms with van der Waals surface area (Å²) >= 11 is 0. The molecule has 0 spiro atoms. The van der Waals surface area contributed by atoms with Gasteiger partial charge in [0.05, 0.1) is 13.2 Å². The number of esters is 5. The molecule has 14 heteroatoms. The molecule has 1 saturated heterocycles. The van der Waals surface area contributed by atoms with Gasteiger partial charge in [0.25, 0.3) is 0 Å². The molecule has 1 aliphatic rings. The zero-order chi connectivity index (χ0) is 29.9. The highest BCUT2D eigenvalue weighted by atomic mass is 16.7. The average Bonchev–Trinajstić information content (AvgIpc) is 2.78.